The molecule has 0 aliphatic carbocycles. The van der Waals surface area contributed by atoms with Gasteiger partial charge in [-0.1, -0.05) is 29.3 Å². The summed E-state index contributed by atoms with van der Waals surface area (Å²) in [5, 5.41) is 10.3. The van der Waals surface area contributed by atoms with Crippen molar-refractivity contribution in [3.8, 4) is 11.5 Å². The number of hydrogen-bond acceptors (Lipinski definition) is 5. The largest absolute Gasteiger partial charge is 0.490 e. The van der Waals surface area contributed by atoms with E-state index >= 15 is 0 Å². The molecule has 142 valence electrons. The smallest absolute Gasteiger partial charge is 0.218 e. The minimum absolute atomic E-state index is 0.134. The van der Waals surface area contributed by atoms with E-state index in [4.69, 9.17) is 32.7 Å². The maximum Gasteiger partial charge on any atom is 0.218 e. The minimum atomic E-state index is -0.402. The third-order valence-corrected chi connectivity index (χ3v) is 4.26. The summed E-state index contributed by atoms with van der Waals surface area (Å²) < 4.78 is 24.7. The highest BCUT2D eigenvalue weighted by molar-refractivity contribution is 6.32. The Morgan fingerprint density at radius 3 is 2.70 bits per heavy atom. The third kappa shape index (κ3) is 5.02. The summed E-state index contributed by atoms with van der Waals surface area (Å²) in [7, 11) is 0. The second-order valence-corrected chi connectivity index (χ2v) is 6.36. The normalized spacial score (nSPS) is 10.7. The molecule has 1 aromatic heterocycles. The first-order chi connectivity index (χ1) is 13.1. The molecule has 0 radical (unpaired) electrons. The van der Waals surface area contributed by atoms with Crippen molar-refractivity contribution in [2.24, 2.45) is 0 Å². The van der Waals surface area contributed by atoms with Gasteiger partial charge in [-0.3, -0.25) is 0 Å². The number of nitrogens with one attached hydrogen (secondary N) is 2. The van der Waals surface area contributed by atoms with E-state index in [0.717, 1.165) is 5.56 Å². The van der Waals surface area contributed by atoms with Crippen molar-refractivity contribution in [1.29, 1.82) is 0 Å². The lowest BCUT2D eigenvalue weighted by Gasteiger charge is -2.16. The molecule has 0 atom stereocenters. The monoisotopic (exact) mass is 410 g/mol. The van der Waals surface area contributed by atoms with Crippen molar-refractivity contribution >= 4 is 29.2 Å². The summed E-state index contributed by atoms with van der Waals surface area (Å²) in [6.45, 7) is 2.92. The fourth-order valence-corrected chi connectivity index (χ4v) is 2.90. The lowest BCUT2D eigenvalue weighted by molar-refractivity contribution is 0.269. The van der Waals surface area contributed by atoms with Crippen LogP contribution >= 0.6 is 23.2 Å². The van der Waals surface area contributed by atoms with Gasteiger partial charge in [-0.05, 0) is 36.8 Å². The van der Waals surface area contributed by atoms with Gasteiger partial charge in [-0.2, -0.15) is 5.10 Å². The summed E-state index contributed by atoms with van der Waals surface area (Å²) >= 11 is 12.4. The first-order valence-electron chi connectivity index (χ1n) is 8.18. The van der Waals surface area contributed by atoms with Gasteiger partial charge in [0.1, 0.15) is 18.8 Å². The highest BCUT2D eigenvalue weighted by Gasteiger charge is 2.14. The average molecular weight is 411 g/mol. The van der Waals surface area contributed by atoms with Crippen molar-refractivity contribution in [2.75, 3.05) is 11.9 Å². The van der Waals surface area contributed by atoms with E-state index in [-0.39, 0.29) is 11.6 Å². The molecular weight excluding hydrogens is 394 g/mol. The van der Waals surface area contributed by atoms with Crippen LogP contribution in [0.5, 0.6) is 11.5 Å². The second-order valence-electron chi connectivity index (χ2n) is 5.55. The molecule has 0 unspecified atom stereocenters. The zero-order valence-corrected chi connectivity index (χ0v) is 15.9. The zero-order valence-electron chi connectivity index (χ0n) is 14.4. The number of halogens is 3. The van der Waals surface area contributed by atoms with Crippen molar-refractivity contribution in [2.45, 2.75) is 20.1 Å². The van der Waals surface area contributed by atoms with Crippen LogP contribution in [0.1, 0.15) is 18.1 Å². The molecule has 3 aromatic rings. The first kappa shape index (κ1) is 19.3. The molecule has 6 nitrogen and oxygen atoms in total. The van der Waals surface area contributed by atoms with Gasteiger partial charge in [0.2, 0.25) is 5.95 Å². The van der Waals surface area contributed by atoms with Gasteiger partial charge in [-0.15, -0.1) is 0 Å². The van der Waals surface area contributed by atoms with Crippen molar-refractivity contribution in [3.05, 3.63) is 63.6 Å². The van der Waals surface area contributed by atoms with E-state index in [1.165, 1.54) is 18.5 Å². The number of aromatic nitrogens is 3. The van der Waals surface area contributed by atoms with E-state index < -0.39 is 5.82 Å². The molecule has 3 rings (SSSR count). The molecule has 2 aromatic carbocycles. The number of H-pyrrole nitrogens is 1. The van der Waals surface area contributed by atoms with Crippen molar-refractivity contribution in [1.82, 2.24) is 15.2 Å². The van der Waals surface area contributed by atoms with Crippen LogP contribution in [0.25, 0.3) is 0 Å². The van der Waals surface area contributed by atoms with Crippen LogP contribution in [0.3, 0.4) is 0 Å². The summed E-state index contributed by atoms with van der Waals surface area (Å²) in [6.07, 6.45) is 1.42. The summed E-state index contributed by atoms with van der Waals surface area (Å²) in [5.41, 5.74) is 1.53. The maximum atomic E-state index is 13.2. The Balaban J connectivity index is 1.76. The minimum Gasteiger partial charge on any atom is -0.490 e. The van der Waals surface area contributed by atoms with Crippen LogP contribution in [0.2, 0.25) is 10.0 Å². The quantitative estimate of drug-likeness (QED) is 0.555. The predicted octanol–water partition coefficient (Wildman–Crippen LogP) is 4.84. The van der Waals surface area contributed by atoms with Gasteiger partial charge < -0.3 is 14.8 Å². The number of ether oxygens (including phenoxy) is 2. The Bertz CT molecular complexity index is 907. The Kier molecular flexibility index (Phi) is 6.36. The van der Waals surface area contributed by atoms with E-state index in [9.17, 15) is 4.39 Å². The van der Waals surface area contributed by atoms with Crippen LogP contribution in [0.4, 0.5) is 10.3 Å². The van der Waals surface area contributed by atoms with Crippen LogP contribution in [0.15, 0.2) is 36.7 Å². The Labute approximate surface area is 165 Å². The molecule has 0 aliphatic heterocycles. The van der Waals surface area contributed by atoms with E-state index in [2.05, 4.69) is 20.5 Å². The van der Waals surface area contributed by atoms with Gasteiger partial charge in [0.05, 0.1) is 16.7 Å². The van der Waals surface area contributed by atoms with Gasteiger partial charge in [0.15, 0.2) is 11.5 Å². The molecule has 27 heavy (non-hydrogen) atoms. The fourth-order valence-electron chi connectivity index (χ4n) is 2.39. The van der Waals surface area contributed by atoms with Gasteiger partial charge in [0, 0.05) is 12.1 Å². The van der Waals surface area contributed by atoms with E-state index in [1.807, 2.05) is 13.0 Å². The predicted molar refractivity (Wildman–Crippen MR) is 102 cm³/mol. The summed E-state index contributed by atoms with van der Waals surface area (Å²) in [6, 6.07) is 7.74. The molecule has 9 heteroatoms. The van der Waals surface area contributed by atoms with Gasteiger partial charge in [0.25, 0.3) is 0 Å². The Hall–Kier alpha value is -2.51. The van der Waals surface area contributed by atoms with E-state index in [0.29, 0.717) is 41.2 Å². The zero-order chi connectivity index (χ0) is 19.2. The molecule has 0 aliphatic rings. The number of anilines is 1. The Morgan fingerprint density at radius 1 is 1.15 bits per heavy atom. The summed E-state index contributed by atoms with van der Waals surface area (Å²) in [4.78, 5) is 4.00. The molecule has 0 saturated heterocycles. The fraction of sp³-hybridized carbons (Fsp3) is 0.222. The van der Waals surface area contributed by atoms with Crippen LogP contribution in [0, 0.1) is 5.82 Å². The molecule has 0 spiro atoms. The molecule has 1 heterocycles. The van der Waals surface area contributed by atoms with Crippen molar-refractivity contribution in [3.63, 3.8) is 0 Å². The number of benzene rings is 2. The molecule has 2 N–H and O–H groups in total. The first-order valence-corrected chi connectivity index (χ1v) is 8.93. The highest BCUT2D eigenvalue weighted by Crippen LogP contribution is 2.37. The second kappa shape index (κ2) is 8.92. The van der Waals surface area contributed by atoms with Gasteiger partial charge in [-0.25, -0.2) is 14.5 Å². The van der Waals surface area contributed by atoms with Crippen LogP contribution < -0.4 is 14.8 Å². The molecule has 0 amide bonds. The average Bonchev–Trinajstić information content (AvgIpc) is 3.14. The molecule has 0 bridgehead atoms. The maximum absolute atomic E-state index is 13.2. The topological polar surface area (TPSA) is 72.1 Å². The number of aromatic amines is 1. The van der Waals surface area contributed by atoms with Gasteiger partial charge >= 0.3 is 0 Å². The Morgan fingerprint density at radius 2 is 2.00 bits per heavy atom. The SMILES string of the molecule is CCOc1cc(CNc2ncn[nH]2)cc(Cl)c1OCc1ccc(F)cc1Cl. The highest BCUT2D eigenvalue weighted by atomic mass is 35.5. The lowest BCUT2D eigenvalue weighted by atomic mass is 10.2. The molecule has 0 saturated carbocycles. The van der Waals surface area contributed by atoms with Crippen LogP contribution in [-0.2, 0) is 13.2 Å². The molecule has 0 fully saturated rings. The number of nitrogens with zero attached hydrogens (tertiary/aromatic N) is 2. The number of hydrogen-bond donors (Lipinski definition) is 2. The van der Waals surface area contributed by atoms with Crippen LogP contribution in [-0.4, -0.2) is 21.8 Å². The number of rotatable bonds is 8. The third-order valence-electron chi connectivity index (χ3n) is 3.63. The van der Waals surface area contributed by atoms with Crippen molar-refractivity contribution < 1.29 is 13.9 Å². The molecular formula is C18H17Cl2FN4O2. The van der Waals surface area contributed by atoms with E-state index in [1.54, 1.807) is 12.1 Å². The lowest BCUT2D eigenvalue weighted by Crippen LogP contribution is -2.05. The standard InChI is InChI=1S/C18H17Cl2FN4O2/c1-2-26-16-6-11(8-22-18-23-10-24-25-18)5-15(20)17(16)27-9-12-3-4-13(21)7-14(12)19/h3-7,10H,2,8-9H2,1H3,(H2,22,23,24,25). The summed E-state index contributed by atoms with van der Waals surface area (Å²) in [5.74, 6) is 1.07.